The minimum Gasteiger partial charge on any atom is -0.374 e. The standard InChI is InChI=1S/C20H27N5O/c1-23-11-9-15-12-14(4-6-17(15)23)13-21-16-5-7-19(26)24(2)20(16)18-8-10-22-25(18)3/h4,6,8,10,12,16,20-21H,5,7,9,11,13H2,1-3H3/t16-,20-/m1/s1. The average molecular weight is 353 g/mol. The van der Waals surface area contributed by atoms with Crippen molar-refractivity contribution in [2.75, 3.05) is 25.5 Å². The molecule has 0 unspecified atom stereocenters. The van der Waals surface area contributed by atoms with Gasteiger partial charge in [0.25, 0.3) is 0 Å². The van der Waals surface area contributed by atoms with Crippen molar-refractivity contribution in [2.45, 2.75) is 37.9 Å². The van der Waals surface area contributed by atoms with Gasteiger partial charge in [0.2, 0.25) is 5.91 Å². The molecule has 2 aromatic rings. The zero-order valence-electron chi connectivity index (χ0n) is 15.8. The van der Waals surface area contributed by atoms with Gasteiger partial charge in [-0.3, -0.25) is 9.48 Å². The van der Waals surface area contributed by atoms with Gasteiger partial charge in [0.15, 0.2) is 0 Å². The third-order valence-corrected chi connectivity index (χ3v) is 5.86. The van der Waals surface area contributed by atoms with Crippen molar-refractivity contribution in [3.8, 4) is 0 Å². The molecule has 0 saturated carbocycles. The highest BCUT2D eigenvalue weighted by atomic mass is 16.2. The van der Waals surface area contributed by atoms with Gasteiger partial charge in [-0.15, -0.1) is 0 Å². The smallest absolute Gasteiger partial charge is 0.222 e. The summed E-state index contributed by atoms with van der Waals surface area (Å²) < 4.78 is 1.87. The summed E-state index contributed by atoms with van der Waals surface area (Å²) in [4.78, 5) is 16.4. The molecular formula is C20H27N5O. The van der Waals surface area contributed by atoms with Crippen LogP contribution in [-0.2, 0) is 24.8 Å². The average Bonchev–Trinajstić information content (AvgIpc) is 3.22. The molecule has 1 amide bonds. The zero-order valence-corrected chi connectivity index (χ0v) is 15.8. The molecule has 1 N–H and O–H groups in total. The fourth-order valence-electron chi connectivity index (χ4n) is 4.31. The predicted molar refractivity (Wildman–Crippen MR) is 102 cm³/mol. The topological polar surface area (TPSA) is 53.4 Å². The third-order valence-electron chi connectivity index (χ3n) is 5.86. The maximum atomic E-state index is 12.3. The van der Waals surface area contributed by atoms with E-state index in [1.54, 1.807) is 6.20 Å². The number of rotatable bonds is 4. The number of likely N-dealkylation sites (N-methyl/N-ethyl adjacent to an activating group) is 2. The summed E-state index contributed by atoms with van der Waals surface area (Å²) in [5.41, 5.74) is 5.17. The lowest BCUT2D eigenvalue weighted by molar-refractivity contribution is -0.136. The minimum absolute atomic E-state index is 0.0179. The maximum Gasteiger partial charge on any atom is 0.222 e. The molecule has 1 fully saturated rings. The second-order valence-electron chi connectivity index (χ2n) is 7.49. The number of aryl methyl sites for hydroxylation is 1. The second kappa shape index (κ2) is 6.76. The van der Waals surface area contributed by atoms with Crippen LogP contribution < -0.4 is 10.2 Å². The SMILES string of the molecule is CN1CCc2cc(CN[C@@H]3CCC(=O)N(C)[C@H]3c3ccnn3C)ccc21. The summed E-state index contributed by atoms with van der Waals surface area (Å²) in [6, 6.07) is 9.02. The van der Waals surface area contributed by atoms with Crippen molar-refractivity contribution in [3.05, 3.63) is 47.3 Å². The number of amides is 1. The summed E-state index contributed by atoms with van der Waals surface area (Å²) in [7, 11) is 5.99. The first-order chi connectivity index (χ1) is 12.5. The fourth-order valence-corrected chi connectivity index (χ4v) is 4.31. The molecule has 2 atom stereocenters. The summed E-state index contributed by atoms with van der Waals surface area (Å²) in [5.74, 6) is 0.204. The molecule has 6 nitrogen and oxygen atoms in total. The van der Waals surface area contributed by atoms with E-state index in [-0.39, 0.29) is 18.0 Å². The molecule has 1 aromatic heterocycles. The lowest BCUT2D eigenvalue weighted by Crippen LogP contribution is -2.49. The Labute approximate surface area is 154 Å². The van der Waals surface area contributed by atoms with Crippen molar-refractivity contribution in [1.29, 1.82) is 0 Å². The Morgan fingerprint density at radius 2 is 2.04 bits per heavy atom. The Hall–Kier alpha value is -2.34. The van der Waals surface area contributed by atoms with Gasteiger partial charge in [-0.1, -0.05) is 12.1 Å². The van der Waals surface area contributed by atoms with Gasteiger partial charge < -0.3 is 15.1 Å². The van der Waals surface area contributed by atoms with Crippen LogP contribution in [0.5, 0.6) is 0 Å². The van der Waals surface area contributed by atoms with Crippen molar-refractivity contribution >= 4 is 11.6 Å². The van der Waals surface area contributed by atoms with Gasteiger partial charge in [-0.25, -0.2) is 0 Å². The van der Waals surface area contributed by atoms with Gasteiger partial charge in [0, 0.05) is 58.6 Å². The molecular weight excluding hydrogens is 326 g/mol. The van der Waals surface area contributed by atoms with E-state index in [0.717, 1.165) is 31.6 Å². The van der Waals surface area contributed by atoms with Gasteiger partial charge in [-0.2, -0.15) is 5.10 Å². The van der Waals surface area contributed by atoms with E-state index in [1.165, 1.54) is 16.8 Å². The minimum atomic E-state index is 0.0179. The molecule has 138 valence electrons. The van der Waals surface area contributed by atoms with Crippen molar-refractivity contribution in [2.24, 2.45) is 7.05 Å². The van der Waals surface area contributed by atoms with Crippen molar-refractivity contribution < 1.29 is 4.79 Å². The van der Waals surface area contributed by atoms with Gasteiger partial charge in [0.05, 0.1) is 11.7 Å². The van der Waals surface area contributed by atoms with E-state index in [1.807, 2.05) is 29.7 Å². The lowest BCUT2D eigenvalue weighted by atomic mass is 9.93. The van der Waals surface area contributed by atoms with Crippen LogP contribution in [-0.4, -0.2) is 47.3 Å². The van der Waals surface area contributed by atoms with E-state index in [2.05, 4.69) is 40.6 Å². The molecule has 2 aliphatic rings. The highest BCUT2D eigenvalue weighted by Crippen LogP contribution is 2.31. The number of benzene rings is 1. The third kappa shape index (κ3) is 2.98. The molecule has 6 heteroatoms. The number of nitrogens with one attached hydrogen (secondary N) is 1. The first-order valence-electron chi connectivity index (χ1n) is 9.34. The van der Waals surface area contributed by atoms with Crippen LogP contribution in [0.25, 0.3) is 0 Å². The largest absolute Gasteiger partial charge is 0.374 e. The number of anilines is 1. The Kier molecular flexibility index (Phi) is 4.44. The van der Waals surface area contributed by atoms with Crippen molar-refractivity contribution in [1.82, 2.24) is 20.0 Å². The van der Waals surface area contributed by atoms with Gasteiger partial charge >= 0.3 is 0 Å². The number of fused-ring (bicyclic) bond motifs is 1. The molecule has 0 aliphatic carbocycles. The maximum absolute atomic E-state index is 12.3. The fraction of sp³-hybridized carbons (Fsp3) is 0.500. The van der Waals surface area contributed by atoms with Crippen molar-refractivity contribution in [3.63, 3.8) is 0 Å². The summed E-state index contributed by atoms with van der Waals surface area (Å²) in [6.07, 6.45) is 4.37. The van der Waals surface area contributed by atoms with Crippen LogP contribution in [0.2, 0.25) is 0 Å². The van der Waals surface area contributed by atoms with Gasteiger partial charge in [0.1, 0.15) is 0 Å². The number of nitrogens with zero attached hydrogens (tertiary/aromatic N) is 4. The molecule has 0 spiro atoms. The van der Waals surface area contributed by atoms with Crippen LogP contribution in [0.15, 0.2) is 30.5 Å². The normalized spacial score (nSPS) is 22.8. The predicted octanol–water partition coefficient (Wildman–Crippen LogP) is 1.86. The number of hydrogen-bond donors (Lipinski definition) is 1. The Balaban J connectivity index is 1.51. The van der Waals surface area contributed by atoms with E-state index in [9.17, 15) is 4.79 Å². The zero-order chi connectivity index (χ0) is 18.3. The number of hydrogen-bond acceptors (Lipinski definition) is 4. The summed E-state index contributed by atoms with van der Waals surface area (Å²) in [6.45, 7) is 1.92. The summed E-state index contributed by atoms with van der Waals surface area (Å²) >= 11 is 0. The highest BCUT2D eigenvalue weighted by molar-refractivity contribution is 5.77. The monoisotopic (exact) mass is 353 g/mol. The summed E-state index contributed by atoms with van der Waals surface area (Å²) in [5, 5.41) is 8.00. The quantitative estimate of drug-likeness (QED) is 0.912. The highest BCUT2D eigenvalue weighted by Gasteiger charge is 2.36. The first-order valence-corrected chi connectivity index (χ1v) is 9.34. The molecule has 3 heterocycles. The number of piperidine rings is 1. The Morgan fingerprint density at radius 3 is 2.81 bits per heavy atom. The lowest BCUT2D eigenvalue weighted by Gasteiger charge is -2.39. The number of likely N-dealkylation sites (tertiary alicyclic amines) is 1. The van der Waals surface area contributed by atoms with Crippen LogP contribution in [0.4, 0.5) is 5.69 Å². The Bertz CT molecular complexity index is 814. The number of carbonyl (C=O) groups excluding carboxylic acids is 1. The van der Waals surface area contributed by atoms with Crippen LogP contribution in [0, 0.1) is 0 Å². The molecule has 1 aromatic carbocycles. The molecule has 2 aliphatic heterocycles. The van der Waals surface area contributed by atoms with Crippen LogP contribution >= 0.6 is 0 Å². The molecule has 0 bridgehead atoms. The number of aromatic nitrogens is 2. The molecule has 0 radical (unpaired) electrons. The Morgan fingerprint density at radius 1 is 1.19 bits per heavy atom. The van der Waals surface area contributed by atoms with Crippen LogP contribution in [0.3, 0.4) is 0 Å². The molecule has 1 saturated heterocycles. The van der Waals surface area contributed by atoms with Gasteiger partial charge in [-0.05, 0) is 36.1 Å². The van der Waals surface area contributed by atoms with E-state index in [4.69, 9.17) is 0 Å². The number of carbonyl (C=O) groups is 1. The second-order valence-corrected chi connectivity index (χ2v) is 7.49. The van der Waals surface area contributed by atoms with E-state index < -0.39 is 0 Å². The van der Waals surface area contributed by atoms with E-state index in [0.29, 0.717) is 6.42 Å². The van der Waals surface area contributed by atoms with E-state index >= 15 is 0 Å². The van der Waals surface area contributed by atoms with Crippen LogP contribution in [0.1, 0.15) is 35.7 Å². The molecule has 4 rings (SSSR count). The first kappa shape index (κ1) is 17.1. The molecule has 26 heavy (non-hydrogen) atoms.